The van der Waals surface area contributed by atoms with Crippen LogP contribution in [-0.4, -0.2) is 17.0 Å². The molecule has 136 valence electrons. The molecule has 3 aromatic rings. The van der Waals surface area contributed by atoms with E-state index in [0.29, 0.717) is 0 Å². The van der Waals surface area contributed by atoms with Crippen LogP contribution in [0.5, 0.6) is 0 Å². The molecule has 7 nitrogen and oxygen atoms in total. The zero-order valence-corrected chi connectivity index (χ0v) is 13.6. The number of hydrogen-bond donors (Lipinski definition) is 1. The number of nitro benzene ring substituents is 1. The lowest BCUT2D eigenvalue weighted by atomic mass is 10.1. The van der Waals surface area contributed by atoms with Crippen molar-refractivity contribution in [3.8, 4) is 11.3 Å². The summed E-state index contributed by atoms with van der Waals surface area (Å²) in [4.78, 5) is 21.9. The molecule has 0 aliphatic heterocycles. The highest BCUT2D eigenvalue weighted by molar-refractivity contribution is 5.94. The summed E-state index contributed by atoms with van der Waals surface area (Å²) in [6.45, 7) is 0. The van der Waals surface area contributed by atoms with Crippen molar-refractivity contribution >= 4 is 17.8 Å². The molecule has 3 rings (SSSR count). The Kier molecular flexibility index (Phi) is 5.02. The van der Waals surface area contributed by atoms with Gasteiger partial charge in [-0.05, 0) is 36.4 Å². The van der Waals surface area contributed by atoms with Crippen LogP contribution < -0.4 is 5.43 Å². The Morgan fingerprint density at radius 1 is 1.11 bits per heavy atom. The lowest BCUT2D eigenvalue weighted by Crippen LogP contribution is -2.17. The number of furan rings is 1. The van der Waals surface area contributed by atoms with E-state index in [1.54, 1.807) is 0 Å². The highest BCUT2D eigenvalue weighted by Gasteiger charge is 2.11. The molecule has 9 heteroatoms. The van der Waals surface area contributed by atoms with Gasteiger partial charge in [0.25, 0.3) is 11.6 Å². The third-order valence-electron chi connectivity index (χ3n) is 3.52. The summed E-state index contributed by atoms with van der Waals surface area (Å²) in [7, 11) is 0. The van der Waals surface area contributed by atoms with E-state index in [0.717, 1.165) is 12.1 Å². The van der Waals surface area contributed by atoms with Gasteiger partial charge in [-0.1, -0.05) is 0 Å². The second kappa shape index (κ2) is 7.56. The SMILES string of the molecule is O=C(N/N=C\c1ccc(-c2ccc(F)cc2F)o1)c1ccc([N+](=O)[O-])cc1. The van der Waals surface area contributed by atoms with E-state index in [2.05, 4.69) is 10.5 Å². The fraction of sp³-hybridized carbons (Fsp3) is 0. The first kappa shape index (κ1) is 17.9. The number of hydrogen-bond acceptors (Lipinski definition) is 5. The average molecular weight is 371 g/mol. The van der Waals surface area contributed by atoms with Gasteiger partial charge >= 0.3 is 0 Å². The smallest absolute Gasteiger partial charge is 0.271 e. The van der Waals surface area contributed by atoms with Gasteiger partial charge in [0.05, 0.1) is 16.7 Å². The van der Waals surface area contributed by atoms with E-state index < -0.39 is 22.5 Å². The number of carbonyl (C=O) groups excluding carboxylic acids is 1. The Hall–Kier alpha value is -3.88. The first-order chi connectivity index (χ1) is 12.9. The molecule has 0 bridgehead atoms. The van der Waals surface area contributed by atoms with E-state index in [1.807, 2.05) is 0 Å². The first-order valence-corrected chi connectivity index (χ1v) is 7.57. The molecule has 1 amide bonds. The fourth-order valence-electron chi connectivity index (χ4n) is 2.21. The molecule has 0 aliphatic rings. The van der Waals surface area contributed by atoms with Crippen LogP contribution >= 0.6 is 0 Å². The third kappa shape index (κ3) is 4.21. The number of amides is 1. The molecule has 1 aromatic heterocycles. The Morgan fingerprint density at radius 2 is 1.85 bits per heavy atom. The maximum atomic E-state index is 13.7. The van der Waals surface area contributed by atoms with Crippen molar-refractivity contribution in [1.29, 1.82) is 0 Å². The molecule has 0 fully saturated rings. The number of benzene rings is 2. The standard InChI is InChI=1S/C18H11F2N3O4/c19-12-3-7-15(16(20)9-12)17-8-6-14(27-17)10-21-22-18(24)11-1-4-13(5-2-11)23(25)26/h1-10H,(H,22,24)/b21-10-. The van der Waals surface area contributed by atoms with E-state index in [4.69, 9.17) is 4.42 Å². The molecular weight excluding hydrogens is 360 g/mol. The van der Waals surface area contributed by atoms with Crippen molar-refractivity contribution in [3.05, 3.63) is 87.7 Å². The van der Waals surface area contributed by atoms with Gasteiger partial charge in [0.2, 0.25) is 0 Å². The van der Waals surface area contributed by atoms with Crippen molar-refractivity contribution < 1.29 is 22.9 Å². The monoisotopic (exact) mass is 371 g/mol. The van der Waals surface area contributed by atoms with Crippen LogP contribution in [0.1, 0.15) is 16.1 Å². The average Bonchev–Trinajstić information content (AvgIpc) is 3.10. The third-order valence-corrected chi connectivity index (χ3v) is 3.52. The van der Waals surface area contributed by atoms with Gasteiger partial charge in [0.1, 0.15) is 23.2 Å². The molecular formula is C18H11F2N3O4. The number of nitrogens with one attached hydrogen (secondary N) is 1. The summed E-state index contributed by atoms with van der Waals surface area (Å²) in [6.07, 6.45) is 1.20. The molecule has 0 atom stereocenters. The van der Waals surface area contributed by atoms with Gasteiger partial charge in [-0.25, -0.2) is 14.2 Å². The predicted octanol–water partition coefficient (Wildman–Crippen LogP) is 3.90. The minimum Gasteiger partial charge on any atom is -0.455 e. The molecule has 0 spiro atoms. The fourth-order valence-corrected chi connectivity index (χ4v) is 2.21. The van der Waals surface area contributed by atoms with Crippen LogP contribution in [0.2, 0.25) is 0 Å². The molecule has 1 N–H and O–H groups in total. The molecule has 0 aliphatic carbocycles. The van der Waals surface area contributed by atoms with Crippen molar-refractivity contribution in [2.24, 2.45) is 5.10 Å². The van der Waals surface area contributed by atoms with Crippen molar-refractivity contribution in [2.45, 2.75) is 0 Å². The number of halogens is 2. The van der Waals surface area contributed by atoms with Gasteiger partial charge in [-0.3, -0.25) is 14.9 Å². The minimum atomic E-state index is -0.765. The molecule has 27 heavy (non-hydrogen) atoms. The van der Waals surface area contributed by atoms with Crippen LogP contribution in [0.4, 0.5) is 14.5 Å². The van der Waals surface area contributed by atoms with E-state index in [9.17, 15) is 23.7 Å². The number of carbonyl (C=O) groups is 1. The Bertz CT molecular complexity index is 1030. The van der Waals surface area contributed by atoms with Crippen molar-refractivity contribution in [2.75, 3.05) is 0 Å². The summed E-state index contributed by atoms with van der Waals surface area (Å²) >= 11 is 0. The number of rotatable bonds is 5. The summed E-state index contributed by atoms with van der Waals surface area (Å²) in [5.41, 5.74) is 2.38. The van der Waals surface area contributed by atoms with Gasteiger partial charge < -0.3 is 4.42 Å². The lowest BCUT2D eigenvalue weighted by molar-refractivity contribution is -0.384. The van der Waals surface area contributed by atoms with Gasteiger partial charge in [-0.15, -0.1) is 0 Å². The van der Waals surface area contributed by atoms with Crippen LogP contribution in [0.25, 0.3) is 11.3 Å². The number of nitro groups is 1. The Balaban J connectivity index is 1.65. The Morgan fingerprint density at radius 3 is 2.52 bits per heavy atom. The second-order valence-corrected chi connectivity index (χ2v) is 5.33. The normalized spacial score (nSPS) is 10.9. The summed E-state index contributed by atoms with van der Waals surface area (Å²) in [5.74, 6) is -1.62. The summed E-state index contributed by atoms with van der Waals surface area (Å²) < 4.78 is 32.1. The largest absolute Gasteiger partial charge is 0.455 e. The predicted molar refractivity (Wildman–Crippen MR) is 92.2 cm³/mol. The van der Waals surface area contributed by atoms with E-state index >= 15 is 0 Å². The number of non-ortho nitro benzene ring substituents is 1. The maximum Gasteiger partial charge on any atom is 0.271 e. The summed E-state index contributed by atoms with van der Waals surface area (Å²) in [6, 6.07) is 11.1. The van der Waals surface area contributed by atoms with Crippen LogP contribution in [0, 0.1) is 21.7 Å². The molecule has 0 unspecified atom stereocenters. The molecule has 1 heterocycles. The topological polar surface area (TPSA) is 97.7 Å². The first-order valence-electron chi connectivity index (χ1n) is 7.57. The van der Waals surface area contributed by atoms with E-state index in [-0.39, 0.29) is 28.3 Å². The second-order valence-electron chi connectivity index (χ2n) is 5.33. The number of nitrogens with zero attached hydrogens (tertiary/aromatic N) is 2. The van der Waals surface area contributed by atoms with Crippen LogP contribution in [-0.2, 0) is 0 Å². The van der Waals surface area contributed by atoms with Crippen LogP contribution in [0.15, 0.2) is 64.1 Å². The van der Waals surface area contributed by atoms with Gasteiger partial charge in [0, 0.05) is 23.8 Å². The van der Waals surface area contributed by atoms with Crippen molar-refractivity contribution in [1.82, 2.24) is 5.43 Å². The highest BCUT2D eigenvalue weighted by atomic mass is 19.1. The van der Waals surface area contributed by atoms with Crippen molar-refractivity contribution in [3.63, 3.8) is 0 Å². The summed E-state index contributed by atoms with van der Waals surface area (Å²) in [5, 5.41) is 14.3. The molecule has 2 aromatic carbocycles. The molecule has 0 radical (unpaired) electrons. The Labute approximate surface area is 151 Å². The zero-order valence-electron chi connectivity index (χ0n) is 13.6. The van der Waals surface area contributed by atoms with Crippen LogP contribution in [0.3, 0.4) is 0 Å². The van der Waals surface area contributed by atoms with E-state index in [1.165, 1.54) is 48.7 Å². The number of hydrazone groups is 1. The lowest BCUT2D eigenvalue weighted by Gasteiger charge is -1.99. The minimum absolute atomic E-state index is 0.0889. The quantitative estimate of drug-likeness (QED) is 0.418. The van der Waals surface area contributed by atoms with Gasteiger partial charge in [-0.2, -0.15) is 5.10 Å². The zero-order chi connectivity index (χ0) is 19.4. The molecule has 0 saturated carbocycles. The van der Waals surface area contributed by atoms with Gasteiger partial charge in [0.15, 0.2) is 0 Å². The maximum absolute atomic E-state index is 13.7. The highest BCUT2D eigenvalue weighted by Crippen LogP contribution is 2.25. The molecule has 0 saturated heterocycles.